The molecule has 1 atom stereocenters. The summed E-state index contributed by atoms with van der Waals surface area (Å²) in [4.78, 5) is 17.7. The molecule has 1 aliphatic rings. The van der Waals surface area contributed by atoms with Crippen molar-refractivity contribution in [2.24, 2.45) is 4.99 Å². The smallest absolute Gasteiger partial charge is 0.243 e. The maximum atomic E-state index is 14.1. The molecule has 2 N–H and O–H groups in total. The van der Waals surface area contributed by atoms with Gasteiger partial charge in [-0.1, -0.05) is 25.1 Å². The van der Waals surface area contributed by atoms with Gasteiger partial charge in [-0.15, -0.1) is 0 Å². The highest BCUT2D eigenvalue weighted by Crippen LogP contribution is 2.48. The van der Waals surface area contributed by atoms with E-state index < -0.39 is 0 Å². The van der Waals surface area contributed by atoms with Crippen molar-refractivity contribution in [2.75, 3.05) is 27.2 Å². The van der Waals surface area contributed by atoms with Crippen LogP contribution in [0.1, 0.15) is 38.7 Å². The van der Waals surface area contributed by atoms with Crippen LogP contribution in [-0.2, 0) is 10.2 Å². The van der Waals surface area contributed by atoms with Crippen molar-refractivity contribution in [1.29, 1.82) is 0 Å². The number of halogens is 1. The number of hydrogen-bond donors (Lipinski definition) is 2. The average molecular weight is 348 g/mol. The molecule has 6 heteroatoms. The van der Waals surface area contributed by atoms with Gasteiger partial charge in [0.25, 0.3) is 0 Å². The number of aliphatic imine (C=N–C) groups is 1. The summed E-state index contributed by atoms with van der Waals surface area (Å²) in [5, 5.41) is 6.61. The van der Waals surface area contributed by atoms with E-state index >= 15 is 0 Å². The Hall–Kier alpha value is -2.11. The number of carbonyl (C=O) groups excluding carboxylic acids is 1. The van der Waals surface area contributed by atoms with E-state index in [9.17, 15) is 9.18 Å². The maximum Gasteiger partial charge on any atom is 0.243 e. The highest BCUT2D eigenvalue weighted by molar-refractivity contribution is 5.85. The number of nitrogens with one attached hydrogen (secondary N) is 2. The van der Waals surface area contributed by atoms with E-state index in [-0.39, 0.29) is 29.7 Å². The Morgan fingerprint density at radius 1 is 1.36 bits per heavy atom. The third-order valence-corrected chi connectivity index (χ3v) is 4.76. The molecule has 1 aromatic rings. The molecule has 1 amide bonds. The molecule has 0 aromatic heterocycles. The fourth-order valence-electron chi connectivity index (χ4n) is 2.61. The van der Waals surface area contributed by atoms with Crippen molar-refractivity contribution in [3.05, 3.63) is 35.6 Å². The Bertz CT molecular complexity index is 626. The van der Waals surface area contributed by atoms with E-state index in [1.165, 1.54) is 11.0 Å². The molecule has 1 aromatic carbocycles. The molecule has 1 aliphatic carbocycles. The van der Waals surface area contributed by atoms with Crippen LogP contribution in [0.4, 0.5) is 4.39 Å². The zero-order chi connectivity index (χ0) is 18.4. The van der Waals surface area contributed by atoms with Crippen molar-refractivity contribution in [3.8, 4) is 0 Å². The molecule has 1 saturated carbocycles. The lowest BCUT2D eigenvalue weighted by Crippen LogP contribution is -2.45. The number of likely N-dealkylation sites (N-methyl/N-ethyl adjacent to an activating group) is 1. The predicted octanol–water partition coefficient (Wildman–Crippen LogP) is 2.28. The van der Waals surface area contributed by atoms with Crippen LogP contribution in [0, 0.1) is 5.82 Å². The quantitative estimate of drug-likeness (QED) is 0.587. The van der Waals surface area contributed by atoms with E-state index in [2.05, 4.69) is 29.5 Å². The Morgan fingerprint density at radius 2 is 2.04 bits per heavy atom. The molecule has 138 valence electrons. The van der Waals surface area contributed by atoms with Gasteiger partial charge in [0.05, 0.1) is 0 Å². The molecule has 0 bridgehead atoms. The standard InChI is InChI=1S/C19H29FN4O/c1-5-14(2)23-18(21-12-17(25)24(3)4)22-13-19(10-11-19)15-8-6-7-9-16(15)20/h6-9,14H,5,10-13H2,1-4H3,(H2,21,22,23). The van der Waals surface area contributed by atoms with Crippen LogP contribution in [0.3, 0.4) is 0 Å². The monoisotopic (exact) mass is 348 g/mol. The predicted molar refractivity (Wildman–Crippen MR) is 99.2 cm³/mol. The van der Waals surface area contributed by atoms with Crippen LogP contribution in [0.25, 0.3) is 0 Å². The summed E-state index contributed by atoms with van der Waals surface area (Å²) < 4.78 is 14.1. The zero-order valence-corrected chi connectivity index (χ0v) is 15.6. The van der Waals surface area contributed by atoms with Crippen molar-refractivity contribution in [3.63, 3.8) is 0 Å². The zero-order valence-electron chi connectivity index (χ0n) is 15.6. The molecule has 0 aliphatic heterocycles. The molecule has 0 heterocycles. The van der Waals surface area contributed by atoms with Crippen molar-refractivity contribution >= 4 is 11.9 Å². The van der Waals surface area contributed by atoms with E-state index in [1.54, 1.807) is 20.2 Å². The Kier molecular flexibility index (Phi) is 6.39. The number of hydrogen-bond acceptors (Lipinski definition) is 2. The lowest BCUT2D eigenvalue weighted by molar-refractivity contribution is -0.127. The SMILES string of the molecule is CCC(C)NC(=NCC(=O)N(C)C)NCC1(c2ccccc2F)CC1. The summed E-state index contributed by atoms with van der Waals surface area (Å²) in [6.45, 7) is 4.84. The van der Waals surface area contributed by atoms with Gasteiger partial charge in [0.1, 0.15) is 12.4 Å². The number of carbonyl (C=O) groups is 1. The summed E-state index contributed by atoms with van der Waals surface area (Å²) in [6.07, 6.45) is 2.85. The van der Waals surface area contributed by atoms with Gasteiger partial charge in [-0.2, -0.15) is 0 Å². The molecule has 2 rings (SSSR count). The van der Waals surface area contributed by atoms with Crippen LogP contribution < -0.4 is 10.6 Å². The van der Waals surface area contributed by atoms with Gasteiger partial charge in [0, 0.05) is 32.1 Å². The van der Waals surface area contributed by atoms with Gasteiger partial charge in [0.2, 0.25) is 5.91 Å². The molecule has 0 spiro atoms. The number of benzene rings is 1. The van der Waals surface area contributed by atoms with E-state index in [0.29, 0.717) is 12.5 Å². The molecule has 5 nitrogen and oxygen atoms in total. The fraction of sp³-hybridized carbons (Fsp3) is 0.579. The second-order valence-corrected chi connectivity index (χ2v) is 7.02. The highest BCUT2D eigenvalue weighted by atomic mass is 19.1. The minimum absolute atomic E-state index is 0.0551. The van der Waals surface area contributed by atoms with Crippen LogP contribution in [-0.4, -0.2) is 50.0 Å². The van der Waals surface area contributed by atoms with Gasteiger partial charge in [0.15, 0.2) is 5.96 Å². The first-order valence-corrected chi connectivity index (χ1v) is 8.88. The van der Waals surface area contributed by atoms with E-state index in [4.69, 9.17) is 0 Å². The number of rotatable bonds is 7. The molecule has 1 fully saturated rings. The highest BCUT2D eigenvalue weighted by Gasteiger charge is 2.45. The lowest BCUT2D eigenvalue weighted by atomic mass is 9.95. The summed E-state index contributed by atoms with van der Waals surface area (Å²) in [6, 6.07) is 7.20. The molecular formula is C19H29FN4O. The minimum Gasteiger partial charge on any atom is -0.355 e. The largest absolute Gasteiger partial charge is 0.355 e. The second kappa shape index (κ2) is 8.32. The number of guanidine groups is 1. The summed E-state index contributed by atoms with van der Waals surface area (Å²) in [7, 11) is 3.43. The minimum atomic E-state index is -0.172. The van der Waals surface area contributed by atoms with Gasteiger partial charge in [-0.25, -0.2) is 9.38 Å². The second-order valence-electron chi connectivity index (χ2n) is 7.02. The topological polar surface area (TPSA) is 56.7 Å². The van der Waals surface area contributed by atoms with Crippen LogP contribution in [0.5, 0.6) is 0 Å². The third-order valence-electron chi connectivity index (χ3n) is 4.76. The summed E-state index contributed by atoms with van der Waals surface area (Å²) >= 11 is 0. The van der Waals surface area contributed by atoms with Gasteiger partial charge in [-0.3, -0.25) is 4.79 Å². The fourth-order valence-corrected chi connectivity index (χ4v) is 2.61. The molecule has 0 radical (unpaired) electrons. The van der Waals surface area contributed by atoms with E-state index in [1.807, 2.05) is 12.1 Å². The van der Waals surface area contributed by atoms with Crippen LogP contribution in [0.2, 0.25) is 0 Å². The van der Waals surface area contributed by atoms with Crippen LogP contribution >= 0.6 is 0 Å². The first-order chi connectivity index (χ1) is 11.9. The normalized spacial score (nSPS) is 16.9. The Labute approximate surface area is 149 Å². The molecular weight excluding hydrogens is 319 g/mol. The first kappa shape index (κ1) is 19.2. The lowest BCUT2D eigenvalue weighted by Gasteiger charge is -2.22. The van der Waals surface area contributed by atoms with Crippen molar-refractivity contribution in [1.82, 2.24) is 15.5 Å². The van der Waals surface area contributed by atoms with Gasteiger partial charge >= 0.3 is 0 Å². The molecule has 25 heavy (non-hydrogen) atoms. The molecule has 0 saturated heterocycles. The maximum absolute atomic E-state index is 14.1. The third kappa shape index (κ3) is 5.18. The Balaban J connectivity index is 2.05. The average Bonchev–Trinajstić information content (AvgIpc) is 3.38. The van der Waals surface area contributed by atoms with Crippen molar-refractivity contribution in [2.45, 2.75) is 44.6 Å². The molecule has 1 unspecified atom stereocenters. The van der Waals surface area contributed by atoms with E-state index in [0.717, 1.165) is 24.8 Å². The van der Waals surface area contributed by atoms with Gasteiger partial charge in [-0.05, 0) is 37.8 Å². The first-order valence-electron chi connectivity index (χ1n) is 8.88. The van der Waals surface area contributed by atoms with Crippen molar-refractivity contribution < 1.29 is 9.18 Å². The summed E-state index contributed by atoms with van der Waals surface area (Å²) in [5.74, 6) is 0.394. The van der Waals surface area contributed by atoms with Gasteiger partial charge < -0.3 is 15.5 Å². The summed E-state index contributed by atoms with van der Waals surface area (Å²) in [5.41, 5.74) is 0.587. The number of amides is 1. The number of nitrogens with zero attached hydrogens (tertiary/aromatic N) is 2. The Morgan fingerprint density at radius 3 is 2.60 bits per heavy atom. The van der Waals surface area contributed by atoms with Crippen LogP contribution in [0.15, 0.2) is 29.3 Å².